The number of rotatable bonds is 7. The quantitative estimate of drug-likeness (QED) is 0.627. The Kier molecular flexibility index (Phi) is 7.07. The largest absolute Gasteiger partial charge is 0.493 e. The maximum absolute atomic E-state index is 12.3. The van der Waals surface area contributed by atoms with Crippen LogP contribution in [-0.4, -0.2) is 40.6 Å². The Morgan fingerprint density at radius 3 is 2.24 bits per heavy atom. The van der Waals surface area contributed by atoms with Gasteiger partial charge in [-0.15, -0.1) is 0 Å². The summed E-state index contributed by atoms with van der Waals surface area (Å²) in [7, 11) is -1.04. The number of nitrogens with one attached hydrogen (secondary N) is 1. The third-order valence-corrected chi connectivity index (χ3v) is 4.98. The van der Waals surface area contributed by atoms with Crippen molar-refractivity contribution < 1.29 is 32.2 Å². The van der Waals surface area contributed by atoms with Crippen molar-refractivity contribution in [3.8, 4) is 11.5 Å². The molecule has 1 unspecified atom stereocenters. The minimum Gasteiger partial charge on any atom is -0.493 e. The fourth-order valence-electron chi connectivity index (χ4n) is 2.29. The van der Waals surface area contributed by atoms with E-state index in [-0.39, 0.29) is 27.0 Å². The Bertz CT molecular complexity index is 1020. The van der Waals surface area contributed by atoms with Gasteiger partial charge in [-0.25, -0.2) is 18.4 Å². The molecule has 0 aromatic heterocycles. The van der Waals surface area contributed by atoms with Gasteiger partial charge < -0.3 is 19.5 Å². The molecule has 0 fully saturated rings. The van der Waals surface area contributed by atoms with Gasteiger partial charge in [0.25, 0.3) is 5.91 Å². The van der Waals surface area contributed by atoms with Crippen molar-refractivity contribution in [3.63, 3.8) is 0 Å². The molecule has 1 atom stereocenters. The number of hydrogen-bond donors (Lipinski definition) is 2. The number of carbonyl (C=O) groups is 2. The van der Waals surface area contributed by atoms with Gasteiger partial charge >= 0.3 is 5.97 Å². The van der Waals surface area contributed by atoms with Crippen molar-refractivity contribution in [2.45, 2.75) is 17.9 Å². The van der Waals surface area contributed by atoms with Gasteiger partial charge in [-0.1, -0.05) is 11.6 Å². The Morgan fingerprint density at radius 1 is 1.10 bits per heavy atom. The minimum atomic E-state index is -3.84. The van der Waals surface area contributed by atoms with E-state index >= 15 is 0 Å². The Balaban J connectivity index is 2.07. The molecular formula is C18H19ClN2O7S. The van der Waals surface area contributed by atoms with Crippen molar-refractivity contribution in [3.05, 3.63) is 47.0 Å². The number of halogens is 1. The zero-order valence-corrected chi connectivity index (χ0v) is 17.3. The molecule has 156 valence electrons. The average Bonchev–Trinajstić information content (AvgIpc) is 2.66. The maximum atomic E-state index is 12.3. The van der Waals surface area contributed by atoms with Crippen molar-refractivity contribution >= 4 is 39.2 Å². The summed E-state index contributed by atoms with van der Waals surface area (Å²) in [6.07, 6.45) is -1.15. The number of carbonyl (C=O) groups excluding carboxylic acids is 2. The first-order chi connectivity index (χ1) is 13.6. The van der Waals surface area contributed by atoms with Crippen LogP contribution in [0.4, 0.5) is 5.69 Å². The lowest BCUT2D eigenvalue weighted by atomic mass is 10.2. The van der Waals surface area contributed by atoms with Crippen molar-refractivity contribution in [1.29, 1.82) is 0 Å². The number of nitrogens with two attached hydrogens (primary N) is 1. The van der Waals surface area contributed by atoms with E-state index in [9.17, 15) is 18.0 Å². The van der Waals surface area contributed by atoms with Gasteiger partial charge in [0.2, 0.25) is 10.0 Å². The van der Waals surface area contributed by atoms with Crippen LogP contribution in [0, 0.1) is 0 Å². The minimum absolute atomic E-state index is 0.0739. The summed E-state index contributed by atoms with van der Waals surface area (Å²) in [6, 6.07) is 7.92. The van der Waals surface area contributed by atoms with Gasteiger partial charge in [-0.3, -0.25) is 4.79 Å². The molecule has 0 heterocycles. The monoisotopic (exact) mass is 442 g/mol. The molecule has 0 radical (unpaired) electrons. The smallest absolute Gasteiger partial charge is 0.339 e. The molecule has 11 heteroatoms. The highest BCUT2D eigenvalue weighted by molar-refractivity contribution is 7.89. The summed E-state index contributed by atoms with van der Waals surface area (Å²) in [5.74, 6) is -0.910. The maximum Gasteiger partial charge on any atom is 0.339 e. The molecule has 0 saturated carbocycles. The first-order valence-corrected chi connectivity index (χ1v) is 10.1. The van der Waals surface area contributed by atoms with Crippen molar-refractivity contribution in [2.24, 2.45) is 5.14 Å². The number of primary sulfonamides is 1. The Labute approximate surface area is 172 Å². The van der Waals surface area contributed by atoms with Crippen LogP contribution < -0.4 is 19.9 Å². The van der Waals surface area contributed by atoms with E-state index in [1.807, 2.05) is 0 Å². The molecular weight excluding hydrogens is 424 g/mol. The van der Waals surface area contributed by atoms with Crippen LogP contribution >= 0.6 is 11.6 Å². The molecule has 0 aliphatic heterocycles. The normalized spacial score (nSPS) is 12.0. The number of sulfonamides is 1. The van der Waals surface area contributed by atoms with Crippen LogP contribution in [0.2, 0.25) is 5.02 Å². The number of benzene rings is 2. The van der Waals surface area contributed by atoms with E-state index in [0.29, 0.717) is 5.69 Å². The van der Waals surface area contributed by atoms with Crippen LogP contribution in [0.15, 0.2) is 41.3 Å². The lowest BCUT2D eigenvalue weighted by molar-refractivity contribution is -0.123. The van der Waals surface area contributed by atoms with Gasteiger partial charge in [0.15, 0.2) is 17.6 Å². The third kappa shape index (κ3) is 5.59. The number of esters is 1. The topological polar surface area (TPSA) is 134 Å². The van der Waals surface area contributed by atoms with Gasteiger partial charge in [0.05, 0.1) is 29.7 Å². The summed E-state index contributed by atoms with van der Waals surface area (Å²) >= 11 is 6.06. The van der Waals surface area contributed by atoms with E-state index in [2.05, 4.69) is 5.32 Å². The average molecular weight is 443 g/mol. The van der Waals surface area contributed by atoms with Crippen molar-refractivity contribution in [1.82, 2.24) is 0 Å². The van der Waals surface area contributed by atoms with Gasteiger partial charge in [-0.05, 0) is 43.3 Å². The lowest BCUT2D eigenvalue weighted by Crippen LogP contribution is -2.30. The second-order valence-corrected chi connectivity index (χ2v) is 7.77. The summed E-state index contributed by atoms with van der Waals surface area (Å²) < 4.78 is 37.9. The van der Waals surface area contributed by atoms with Crippen LogP contribution in [-0.2, 0) is 19.6 Å². The van der Waals surface area contributed by atoms with Crippen LogP contribution in [0.25, 0.3) is 0 Å². The standard InChI is InChI=1S/C18H19ClN2O7S/c1-10(17(22)21-12-4-6-13(7-5-12)29(20,24)25)28-18(23)11-8-14(19)16(27-3)15(9-11)26-2/h4-10H,1-3H3,(H,21,22)(H2,20,24,25). The molecule has 0 aliphatic rings. The lowest BCUT2D eigenvalue weighted by Gasteiger charge is -2.15. The van der Waals surface area contributed by atoms with Crippen LogP contribution in [0.5, 0.6) is 11.5 Å². The predicted molar refractivity (Wildman–Crippen MR) is 106 cm³/mol. The zero-order chi connectivity index (χ0) is 21.8. The fourth-order valence-corrected chi connectivity index (χ4v) is 3.09. The first-order valence-electron chi connectivity index (χ1n) is 8.13. The number of ether oxygens (including phenoxy) is 3. The van der Waals surface area contributed by atoms with Gasteiger partial charge in [0.1, 0.15) is 0 Å². The van der Waals surface area contributed by atoms with Crippen molar-refractivity contribution in [2.75, 3.05) is 19.5 Å². The van der Waals surface area contributed by atoms with E-state index in [1.165, 1.54) is 57.5 Å². The summed E-state index contributed by atoms with van der Waals surface area (Å²) in [4.78, 5) is 24.5. The van der Waals surface area contributed by atoms with E-state index in [1.54, 1.807) is 0 Å². The molecule has 2 aromatic carbocycles. The zero-order valence-electron chi connectivity index (χ0n) is 15.8. The molecule has 2 aromatic rings. The number of methoxy groups -OCH3 is 2. The summed E-state index contributed by atoms with van der Waals surface area (Å²) in [6.45, 7) is 1.38. The second kappa shape index (κ2) is 9.12. The number of anilines is 1. The highest BCUT2D eigenvalue weighted by Crippen LogP contribution is 2.36. The molecule has 2 rings (SSSR count). The van der Waals surface area contributed by atoms with E-state index in [4.69, 9.17) is 31.0 Å². The van der Waals surface area contributed by atoms with Gasteiger partial charge in [-0.2, -0.15) is 0 Å². The Hall–Kier alpha value is -2.82. The number of hydrogen-bond acceptors (Lipinski definition) is 7. The molecule has 29 heavy (non-hydrogen) atoms. The second-order valence-electron chi connectivity index (χ2n) is 5.80. The highest BCUT2D eigenvalue weighted by atomic mass is 35.5. The first kappa shape index (κ1) is 22.5. The molecule has 9 nitrogen and oxygen atoms in total. The molecule has 0 aliphatic carbocycles. The van der Waals surface area contributed by atoms with Crippen LogP contribution in [0.3, 0.4) is 0 Å². The Morgan fingerprint density at radius 2 is 1.72 bits per heavy atom. The molecule has 3 N–H and O–H groups in total. The summed E-state index contributed by atoms with van der Waals surface area (Å²) in [5.41, 5.74) is 0.379. The van der Waals surface area contributed by atoms with Crippen LogP contribution in [0.1, 0.15) is 17.3 Å². The molecule has 1 amide bonds. The fraction of sp³-hybridized carbons (Fsp3) is 0.222. The molecule has 0 bridgehead atoms. The third-order valence-electron chi connectivity index (χ3n) is 3.77. The molecule has 0 saturated heterocycles. The van der Waals surface area contributed by atoms with E-state index < -0.39 is 28.0 Å². The SMILES string of the molecule is COc1cc(C(=O)OC(C)C(=O)Nc2ccc(S(N)(=O)=O)cc2)cc(Cl)c1OC. The number of amides is 1. The predicted octanol–water partition coefficient (Wildman–Crippen LogP) is 2.19. The molecule has 0 spiro atoms. The van der Waals surface area contributed by atoms with E-state index in [0.717, 1.165) is 0 Å². The van der Waals surface area contributed by atoms with Gasteiger partial charge in [0, 0.05) is 5.69 Å². The highest BCUT2D eigenvalue weighted by Gasteiger charge is 2.22. The summed E-state index contributed by atoms with van der Waals surface area (Å²) in [5, 5.41) is 7.67.